The van der Waals surface area contributed by atoms with E-state index >= 15 is 0 Å². The molecular weight excluding hydrogens is 497 g/mol. The highest BCUT2D eigenvalue weighted by atomic mass is 35.5. The number of benzene rings is 2. The summed E-state index contributed by atoms with van der Waals surface area (Å²) in [5.74, 6) is -0.527. The molecule has 1 fully saturated rings. The Balaban J connectivity index is 1.38. The molecule has 4 rings (SSSR count). The number of aromatic amines is 1. The highest BCUT2D eigenvalue weighted by Gasteiger charge is 2.36. The highest BCUT2D eigenvalue weighted by Crippen LogP contribution is 2.34. The molecule has 0 radical (unpaired) electrons. The molecule has 2 aromatic carbocycles. The van der Waals surface area contributed by atoms with Gasteiger partial charge in [0.15, 0.2) is 0 Å². The van der Waals surface area contributed by atoms with E-state index in [-0.39, 0.29) is 19.4 Å². The van der Waals surface area contributed by atoms with E-state index in [1.165, 1.54) is 10.8 Å². The van der Waals surface area contributed by atoms with Crippen LogP contribution in [-0.2, 0) is 20.7 Å². The van der Waals surface area contributed by atoms with Gasteiger partial charge in [0, 0.05) is 23.9 Å². The average Bonchev–Trinajstić information content (AvgIpc) is 3.18. The summed E-state index contributed by atoms with van der Waals surface area (Å²) in [6.07, 6.45) is -1.12. The fourth-order valence-electron chi connectivity index (χ4n) is 3.77. The van der Waals surface area contributed by atoms with Crippen molar-refractivity contribution in [3.63, 3.8) is 0 Å². The molecule has 2 heterocycles. The third kappa shape index (κ3) is 5.76. The summed E-state index contributed by atoms with van der Waals surface area (Å²) < 4.78 is 12.3. The molecule has 0 spiro atoms. The van der Waals surface area contributed by atoms with Crippen molar-refractivity contribution in [3.05, 3.63) is 90.7 Å². The molecule has 3 aromatic rings. The zero-order valence-corrected chi connectivity index (χ0v) is 20.2. The molecule has 0 unspecified atom stereocenters. The van der Waals surface area contributed by atoms with Gasteiger partial charge in [0.25, 0.3) is 5.56 Å². The molecule has 0 saturated carbocycles. The number of para-hydroxylation sites is 2. The number of nitrogens with one attached hydrogen (secondary N) is 2. The molecule has 184 valence electrons. The zero-order valence-electron chi connectivity index (χ0n) is 18.7. The molecule has 1 saturated heterocycles. The van der Waals surface area contributed by atoms with Crippen LogP contribution in [0.25, 0.3) is 0 Å². The van der Waals surface area contributed by atoms with Gasteiger partial charge >= 0.3 is 11.7 Å². The number of H-pyrrole nitrogens is 1. The number of carbonyl (C=O) groups is 1. The maximum atomic E-state index is 12.6. The van der Waals surface area contributed by atoms with Gasteiger partial charge < -0.3 is 19.9 Å². The first-order valence-corrected chi connectivity index (χ1v) is 11.6. The first-order chi connectivity index (χ1) is 16.7. The van der Waals surface area contributed by atoms with Gasteiger partial charge in [-0.05, 0) is 30.7 Å². The third-order valence-electron chi connectivity index (χ3n) is 5.64. The minimum Gasteiger partial charge on any atom is -0.463 e. The van der Waals surface area contributed by atoms with Crippen molar-refractivity contribution in [1.82, 2.24) is 9.55 Å². The first kappa shape index (κ1) is 25.0. The van der Waals surface area contributed by atoms with Gasteiger partial charge in [0.05, 0.1) is 28.3 Å². The average molecular weight is 520 g/mol. The Labute approximate surface area is 210 Å². The van der Waals surface area contributed by atoms with Crippen molar-refractivity contribution in [2.75, 3.05) is 11.9 Å². The summed E-state index contributed by atoms with van der Waals surface area (Å²) >= 11 is 12.5. The topological polar surface area (TPSA) is 123 Å². The molecule has 3 atom stereocenters. The van der Waals surface area contributed by atoms with Crippen molar-refractivity contribution >= 4 is 40.5 Å². The Hall–Kier alpha value is -3.11. The molecule has 35 heavy (non-hydrogen) atoms. The van der Waals surface area contributed by atoms with E-state index < -0.39 is 35.7 Å². The van der Waals surface area contributed by atoms with Crippen LogP contribution in [0.5, 0.6) is 0 Å². The lowest BCUT2D eigenvalue weighted by atomic mass is 10.1. The number of aliphatic hydroxyl groups is 1. The van der Waals surface area contributed by atoms with E-state index in [4.69, 9.17) is 32.7 Å². The number of esters is 1. The molecule has 1 aromatic heterocycles. The van der Waals surface area contributed by atoms with Crippen LogP contribution in [0.2, 0.25) is 10.0 Å². The number of aliphatic hydroxyl groups excluding tert-OH is 1. The number of hydrogen-bond donors (Lipinski definition) is 3. The summed E-state index contributed by atoms with van der Waals surface area (Å²) in [5, 5.41) is 14.4. The summed E-state index contributed by atoms with van der Waals surface area (Å²) in [4.78, 5) is 38.5. The molecule has 3 N–H and O–H groups in total. The molecule has 1 aliphatic heterocycles. The Bertz CT molecular complexity index is 1340. The van der Waals surface area contributed by atoms with Crippen molar-refractivity contribution in [2.24, 2.45) is 0 Å². The number of aromatic nitrogens is 2. The van der Waals surface area contributed by atoms with E-state index in [0.717, 1.165) is 0 Å². The molecule has 1 aliphatic rings. The minimum absolute atomic E-state index is 0.0456. The van der Waals surface area contributed by atoms with Gasteiger partial charge in [0.2, 0.25) is 0 Å². The number of aryl methyl sites for hydroxylation is 1. The minimum atomic E-state index is -0.955. The van der Waals surface area contributed by atoms with Gasteiger partial charge in [0.1, 0.15) is 18.9 Å². The van der Waals surface area contributed by atoms with Crippen LogP contribution in [-0.4, -0.2) is 39.4 Å². The van der Waals surface area contributed by atoms with Crippen LogP contribution in [0.3, 0.4) is 0 Å². The van der Waals surface area contributed by atoms with Crippen molar-refractivity contribution in [2.45, 2.75) is 38.2 Å². The van der Waals surface area contributed by atoms with Crippen LogP contribution in [0.1, 0.15) is 23.8 Å². The van der Waals surface area contributed by atoms with Crippen LogP contribution in [0.15, 0.2) is 58.3 Å². The maximum Gasteiger partial charge on any atom is 0.330 e. The van der Waals surface area contributed by atoms with Crippen molar-refractivity contribution < 1.29 is 19.4 Å². The summed E-state index contributed by atoms with van der Waals surface area (Å²) in [5.41, 5.74) is 1.04. The van der Waals surface area contributed by atoms with Gasteiger partial charge in [-0.25, -0.2) is 4.79 Å². The number of anilines is 2. The fourth-order valence-corrected chi connectivity index (χ4v) is 4.26. The molecule has 11 heteroatoms. The van der Waals surface area contributed by atoms with Gasteiger partial charge in [-0.15, -0.1) is 0 Å². The second kappa shape index (κ2) is 10.7. The second-order valence-electron chi connectivity index (χ2n) is 8.15. The monoisotopic (exact) mass is 519 g/mol. The lowest BCUT2D eigenvalue weighted by Gasteiger charge is -2.17. The smallest absolute Gasteiger partial charge is 0.330 e. The largest absolute Gasteiger partial charge is 0.463 e. The first-order valence-electron chi connectivity index (χ1n) is 10.8. The van der Waals surface area contributed by atoms with E-state index in [0.29, 0.717) is 32.5 Å². The Morgan fingerprint density at radius 3 is 2.66 bits per heavy atom. The van der Waals surface area contributed by atoms with Crippen molar-refractivity contribution in [3.8, 4) is 0 Å². The van der Waals surface area contributed by atoms with Gasteiger partial charge in [-0.2, -0.15) is 0 Å². The maximum absolute atomic E-state index is 12.6. The Kier molecular flexibility index (Phi) is 7.61. The molecule has 0 aliphatic carbocycles. The number of hydrogen-bond acceptors (Lipinski definition) is 7. The van der Waals surface area contributed by atoms with Crippen molar-refractivity contribution in [1.29, 1.82) is 0 Å². The van der Waals surface area contributed by atoms with Crippen LogP contribution in [0, 0.1) is 6.92 Å². The standard InChI is InChI=1S/C24H23Cl2N3O6/c1-13-11-29(24(33)28-23(13)32)20-10-18(30)19(35-20)12-34-21(31)9-14-5-2-3-8-17(14)27-22-15(25)6-4-7-16(22)26/h2-8,11,18-20,27,30H,9-10,12H2,1H3,(H,28,32,33)/t18-,19+,20+/m0/s1. The molecular formula is C24H23Cl2N3O6. The summed E-state index contributed by atoms with van der Waals surface area (Å²) in [6, 6.07) is 12.3. The third-order valence-corrected chi connectivity index (χ3v) is 6.27. The predicted octanol–water partition coefficient (Wildman–Crippen LogP) is 3.33. The second-order valence-corrected chi connectivity index (χ2v) is 8.96. The van der Waals surface area contributed by atoms with Crippen LogP contribution in [0.4, 0.5) is 11.4 Å². The number of halogens is 2. The quantitative estimate of drug-likeness (QED) is 0.409. The normalized spacial score (nSPS) is 19.5. The lowest BCUT2D eigenvalue weighted by molar-refractivity contribution is -0.149. The van der Waals surface area contributed by atoms with Gasteiger partial charge in [-0.3, -0.25) is 19.1 Å². The molecule has 0 amide bonds. The molecule has 0 bridgehead atoms. The van der Waals surface area contributed by atoms with E-state index in [1.54, 1.807) is 43.3 Å². The molecule has 9 nitrogen and oxygen atoms in total. The van der Waals surface area contributed by atoms with E-state index in [2.05, 4.69) is 10.3 Å². The lowest BCUT2D eigenvalue weighted by Crippen LogP contribution is -2.33. The Morgan fingerprint density at radius 1 is 1.20 bits per heavy atom. The SMILES string of the molecule is Cc1cn([C@H]2C[C@H](O)[C@@H](COC(=O)Cc3ccccc3Nc3c(Cl)cccc3Cl)O2)c(=O)[nH]c1=O. The van der Waals surface area contributed by atoms with E-state index in [1.807, 2.05) is 6.07 Å². The zero-order chi connectivity index (χ0) is 25.1. The summed E-state index contributed by atoms with van der Waals surface area (Å²) in [6.45, 7) is 1.37. The number of nitrogens with zero attached hydrogens (tertiary/aromatic N) is 1. The summed E-state index contributed by atoms with van der Waals surface area (Å²) in [7, 11) is 0. The van der Waals surface area contributed by atoms with Gasteiger partial charge in [-0.1, -0.05) is 47.5 Å². The Morgan fingerprint density at radius 2 is 1.91 bits per heavy atom. The number of ether oxygens (including phenoxy) is 2. The van der Waals surface area contributed by atoms with E-state index in [9.17, 15) is 19.5 Å². The predicted molar refractivity (Wildman–Crippen MR) is 131 cm³/mol. The van der Waals surface area contributed by atoms with Crippen LogP contribution < -0.4 is 16.6 Å². The number of carbonyl (C=O) groups excluding carboxylic acids is 1. The fraction of sp³-hybridized carbons (Fsp3) is 0.292. The van der Waals surface area contributed by atoms with Crippen LogP contribution >= 0.6 is 23.2 Å². The highest BCUT2D eigenvalue weighted by molar-refractivity contribution is 6.39. The number of rotatable bonds is 7.